The average molecular weight is 359 g/mol. The maximum Gasteiger partial charge on any atom is 0.338 e. The van der Waals surface area contributed by atoms with E-state index in [9.17, 15) is 4.79 Å². The van der Waals surface area contributed by atoms with Crippen LogP contribution >= 0.6 is 23.1 Å². The summed E-state index contributed by atoms with van der Waals surface area (Å²) in [6.07, 6.45) is 1.64. The van der Waals surface area contributed by atoms with E-state index in [0.29, 0.717) is 15.6 Å². The van der Waals surface area contributed by atoms with Crippen LogP contribution in [0.2, 0.25) is 4.34 Å². The molecule has 1 heterocycles. The molecule has 4 nitrogen and oxygen atoms in total. The molecule has 122 valence electrons. The van der Waals surface area contributed by atoms with E-state index in [-0.39, 0.29) is 12.6 Å². The molecule has 0 amide bonds. The highest BCUT2D eigenvalue weighted by molar-refractivity contribution is 7.10. The van der Waals surface area contributed by atoms with Gasteiger partial charge in [0.15, 0.2) is 0 Å². The van der Waals surface area contributed by atoms with E-state index in [2.05, 4.69) is 21.7 Å². The Labute approximate surface area is 149 Å². The molecule has 0 atom stereocenters. The zero-order valence-corrected chi connectivity index (χ0v) is 14.4. The van der Waals surface area contributed by atoms with Crippen LogP contribution in [0.1, 0.15) is 27.2 Å². The lowest BCUT2D eigenvalue weighted by molar-refractivity contribution is 0.0466. The molecule has 3 aromatic rings. The summed E-state index contributed by atoms with van der Waals surface area (Å²) < 4.78 is 9.49. The average Bonchev–Trinajstić information content (AvgIpc) is 3.04. The molecule has 24 heavy (non-hydrogen) atoms. The number of carbonyl (C=O) groups excluding carboxylic acids is 1. The molecule has 0 fully saturated rings. The van der Waals surface area contributed by atoms with Gasteiger partial charge in [0.2, 0.25) is 0 Å². The number of rotatable bonds is 6. The molecule has 0 radical (unpaired) electrons. The minimum Gasteiger partial charge on any atom is -0.455 e. The molecule has 0 N–H and O–H groups in total. The van der Waals surface area contributed by atoms with E-state index in [1.54, 1.807) is 6.07 Å². The van der Waals surface area contributed by atoms with Crippen LogP contribution in [-0.2, 0) is 24.2 Å². The standard InChI is InChI=1S/C18H15ClN2O2S/c19-17-16(20-21-24-17)12-23-18(22)15-9-5-4-8-14(15)11-10-13-6-2-1-3-7-13/h1-9H,10-12H2. The fraction of sp³-hybridized carbons (Fsp3) is 0.167. The Morgan fingerprint density at radius 1 is 1.04 bits per heavy atom. The second kappa shape index (κ2) is 8.04. The van der Waals surface area contributed by atoms with Gasteiger partial charge in [-0.25, -0.2) is 4.79 Å². The lowest BCUT2D eigenvalue weighted by Crippen LogP contribution is -2.09. The molecule has 2 aromatic carbocycles. The van der Waals surface area contributed by atoms with Gasteiger partial charge in [-0.15, -0.1) is 5.10 Å². The minimum absolute atomic E-state index is 0.0290. The van der Waals surface area contributed by atoms with Crippen molar-refractivity contribution in [2.45, 2.75) is 19.4 Å². The largest absolute Gasteiger partial charge is 0.455 e. The number of halogens is 1. The number of aromatic nitrogens is 2. The van der Waals surface area contributed by atoms with Crippen LogP contribution in [0, 0.1) is 0 Å². The van der Waals surface area contributed by atoms with Crippen LogP contribution in [0.3, 0.4) is 0 Å². The van der Waals surface area contributed by atoms with Crippen molar-refractivity contribution in [2.75, 3.05) is 0 Å². The van der Waals surface area contributed by atoms with Gasteiger partial charge in [0, 0.05) is 11.5 Å². The van der Waals surface area contributed by atoms with E-state index < -0.39 is 0 Å². The van der Waals surface area contributed by atoms with E-state index in [1.807, 2.05) is 36.4 Å². The lowest BCUT2D eigenvalue weighted by Gasteiger charge is -2.09. The van der Waals surface area contributed by atoms with E-state index in [0.717, 1.165) is 29.9 Å². The maximum absolute atomic E-state index is 12.4. The van der Waals surface area contributed by atoms with E-state index in [1.165, 1.54) is 5.56 Å². The predicted molar refractivity (Wildman–Crippen MR) is 94.3 cm³/mol. The number of ether oxygens (including phenoxy) is 1. The zero-order valence-electron chi connectivity index (χ0n) is 12.8. The monoisotopic (exact) mass is 358 g/mol. The maximum atomic E-state index is 12.4. The highest BCUT2D eigenvalue weighted by Gasteiger charge is 2.14. The van der Waals surface area contributed by atoms with Gasteiger partial charge < -0.3 is 4.74 Å². The molecule has 6 heteroatoms. The Balaban J connectivity index is 1.66. The van der Waals surface area contributed by atoms with Crippen LogP contribution in [0.15, 0.2) is 54.6 Å². The third kappa shape index (κ3) is 4.19. The number of aryl methyl sites for hydroxylation is 2. The first kappa shape index (κ1) is 16.6. The molecular weight excluding hydrogens is 344 g/mol. The van der Waals surface area contributed by atoms with Crippen molar-refractivity contribution in [3.05, 3.63) is 81.3 Å². The lowest BCUT2D eigenvalue weighted by atomic mass is 10.00. The quantitative estimate of drug-likeness (QED) is 0.615. The molecule has 0 spiro atoms. The SMILES string of the molecule is O=C(OCc1nnsc1Cl)c1ccccc1CCc1ccccc1. The zero-order chi connectivity index (χ0) is 16.8. The van der Waals surface area contributed by atoms with Crippen molar-refractivity contribution in [3.8, 4) is 0 Å². The molecule has 0 saturated carbocycles. The van der Waals surface area contributed by atoms with Gasteiger partial charge in [-0.3, -0.25) is 0 Å². The molecule has 0 aliphatic carbocycles. The van der Waals surface area contributed by atoms with E-state index in [4.69, 9.17) is 16.3 Å². The Kier molecular flexibility index (Phi) is 5.56. The third-order valence-electron chi connectivity index (χ3n) is 3.61. The fourth-order valence-electron chi connectivity index (χ4n) is 2.36. The van der Waals surface area contributed by atoms with Gasteiger partial charge in [-0.2, -0.15) is 0 Å². The van der Waals surface area contributed by atoms with Gasteiger partial charge in [0.05, 0.1) is 5.56 Å². The van der Waals surface area contributed by atoms with Crippen LogP contribution in [0.25, 0.3) is 0 Å². The summed E-state index contributed by atoms with van der Waals surface area (Å²) in [5, 5.41) is 3.84. The Morgan fingerprint density at radius 3 is 2.54 bits per heavy atom. The first-order valence-electron chi connectivity index (χ1n) is 7.49. The van der Waals surface area contributed by atoms with Crippen molar-refractivity contribution in [1.29, 1.82) is 0 Å². The van der Waals surface area contributed by atoms with Gasteiger partial charge in [-0.1, -0.05) is 64.6 Å². The highest BCUT2D eigenvalue weighted by Crippen LogP contribution is 2.19. The van der Waals surface area contributed by atoms with Crippen molar-refractivity contribution < 1.29 is 9.53 Å². The van der Waals surface area contributed by atoms with Crippen LogP contribution < -0.4 is 0 Å². The number of carbonyl (C=O) groups is 1. The molecule has 3 rings (SSSR count). The summed E-state index contributed by atoms with van der Waals surface area (Å²) in [5.74, 6) is -0.372. The smallest absolute Gasteiger partial charge is 0.338 e. The predicted octanol–water partition coefficient (Wildman–Crippen LogP) is 4.33. The van der Waals surface area contributed by atoms with Crippen molar-refractivity contribution in [3.63, 3.8) is 0 Å². The molecule has 0 bridgehead atoms. The topological polar surface area (TPSA) is 52.1 Å². The van der Waals surface area contributed by atoms with E-state index >= 15 is 0 Å². The van der Waals surface area contributed by atoms with Gasteiger partial charge in [0.25, 0.3) is 0 Å². The summed E-state index contributed by atoms with van der Waals surface area (Å²) in [7, 11) is 0. The fourth-order valence-corrected chi connectivity index (χ4v) is 2.96. The molecule has 1 aromatic heterocycles. The number of benzene rings is 2. The summed E-state index contributed by atoms with van der Waals surface area (Å²) in [4.78, 5) is 12.4. The second-order valence-electron chi connectivity index (χ2n) is 5.21. The Morgan fingerprint density at radius 2 is 1.79 bits per heavy atom. The minimum atomic E-state index is -0.372. The number of hydrogen-bond donors (Lipinski definition) is 0. The molecule has 0 aliphatic heterocycles. The Hall–Kier alpha value is -2.24. The van der Waals surface area contributed by atoms with Crippen LogP contribution in [0.5, 0.6) is 0 Å². The third-order valence-corrected chi connectivity index (χ3v) is 4.60. The van der Waals surface area contributed by atoms with Gasteiger partial charge >= 0.3 is 5.97 Å². The first-order chi connectivity index (χ1) is 11.7. The number of nitrogens with zero attached hydrogens (tertiary/aromatic N) is 2. The normalized spacial score (nSPS) is 10.5. The van der Waals surface area contributed by atoms with Gasteiger partial charge in [0.1, 0.15) is 16.6 Å². The summed E-state index contributed by atoms with van der Waals surface area (Å²) in [6, 6.07) is 17.7. The molecule has 0 aliphatic rings. The summed E-state index contributed by atoms with van der Waals surface area (Å²) in [6.45, 7) is 0.0290. The highest BCUT2D eigenvalue weighted by atomic mass is 35.5. The van der Waals surface area contributed by atoms with Crippen LogP contribution in [-0.4, -0.2) is 15.6 Å². The number of esters is 1. The Bertz CT molecular complexity index is 821. The van der Waals surface area contributed by atoms with Crippen molar-refractivity contribution in [2.24, 2.45) is 0 Å². The van der Waals surface area contributed by atoms with Crippen LogP contribution in [0.4, 0.5) is 0 Å². The van der Waals surface area contributed by atoms with Crippen molar-refractivity contribution in [1.82, 2.24) is 9.59 Å². The number of hydrogen-bond acceptors (Lipinski definition) is 5. The van der Waals surface area contributed by atoms with Crippen molar-refractivity contribution >= 4 is 29.1 Å². The summed E-state index contributed by atoms with van der Waals surface area (Å²) in [5.41, 5.74) is 3.26. The van der Waals surface area contributed by atoms with Gasteiger partial charge in [-0.05, 0) is 30.0 Å². The summed E-state index contributed by atoms with van der Waals surface area (Å²) >= 11 is 6.99. The second-order valence-corrected chi connectivity index (χ2v) is 6.57. The molecule has 0 unspecified atom stereocenters. The molecular formula is C18H15ClN2O2S. The molecule has 0 saturated heterocycles. The first-order valence-corrected chi connectivity index (χ1v) is 8.65.